The molecule has 5 nitrogen and oxygen atoms in total. The van der Waals surface area contributed by atoms with Gasteiger partial charge in [0, 0.05) is 29.1 Å². The molecule has 0 bridgehead atoms. The highest BCUT2D eigenvalue weighted by Gasteiger charge is 2.11. The number of benzene rings is 3. The lowest BCUT2D eigenvalue weighted by Crippen LogP contribution is -2.05. The Morgan fingerprint density at radius 2 is 1.61 bits per heavy atom. The van der Waals surface area contributed by atoms with Gasteiger partial charge < -0.3 is 14.8 Å². The van der Waals surface area contributed by atoms with Crippen LogP contribution in [0.15, 0.2) is 72.8 Å². The summed E-state index contributed by atoms with van der Waals surface area (Å²) in [6.07, 6.45) is 0. The first kappa shape index (κ1) is 17.8. The number of nitrogens with zero attached hydrogens (tertiary/aromatic N) is 2. The van der Waals surface area contributed by atoms with Crippen LogP contribution >= 0.6 is 0 Å². The minimum Gasteiger partial charge on any atom is -0.497 e. The molecule has 4 rings (SSSR count). The molecule has 0 aliphatic carbocycles. The van der Waals surface area contributed by atoms with E-state index in [4.69, 9.17) is 19.4 Å². The Morgan fingerprint density at radius 1 is 0.821 bits per heavy atom. The Morgan fingerprint density at radius 3 is 2.39 bits per heavy atom. The van der Waals surface area contributed by atoms with Crippen LogP contribution in [0, 0.1) is 0 Å². The average Bonchev–Trinajstić information content (AvgIpc) is 2.77. The van der Waals surface area contributed by atoms with Gasteiger partial charge in [-0.15, -0.1) is 0 Å². The van der Waals surface area contributed by atoms with Crippen molar-refractivity contribution in [3.63, 3.8) is 0 Å². The van der Waals surface area contributed by atoms with Crippen LogP contribution in [0.3, 0.4) is 0 Å². The van der Waals surface area contributed by atoms with E-state index in [1.54, 1.807) is 14.2 Å². The second-order valence-electron chi connectivity index (χ2n) is 6.31. The fraction of sp³-hybridized carbons (Fsp3) is 0.130. The summed E-state index contributed by atoms with van der Waals surface area (Å²) in [7, 11) is 3.30. The van der Waals surface area contributed by atoms with Gasteiger partial charge in [0.1, 0.15) is 17.3 Å². The van der Waals surface area contributed by atoms with E-state index in [-0.39, 0.29) is 0 Å². The first-order chi connectivity index (χ1) is 13.8. The minimum absolute atomic E-state index is 0.572. The summed E-state index contributed by atoms with van der Waals surface area (Å²) in [6, 6.07) is 23.8. The Kier molecular flexibility index (Phi) is 5.06. The van der Waals surface area contributed by atoms with Crippen molar-refractivity contribution in [1.29, 1.82) is 0 Å². The minimum atomic E-state index is 0.572. The number of aromatic nitrogens is 2. The molecule has 1 aromatic heterocycles. The van der Waals surface area contributed by atoms with Gasteiger partial charge in [0.25, 0.3) is 0 Å². The lowest BCUT2D eigenvalue weighted by atomic mass is 10.1. The fourth-order valence-corrected chi connectivity index (χ4v) is 3.10. The Hall–Kier alpha value is -3.60. The van der Waals surface area contributed by atoms with Crippen LogP contribution in [0.1, 0.15) is 5.56 Å². The zero-order valence-corrected chi connectivity index (χ0v) is 15.8. The zero-order valence-electron chi connectivity index (χ0n) is 15.8. The molecule has 0 spiro atoms. The van der Waals surface area contributed by atoms with Crippen molar-refractivity contribution < 1.29 is 9.47 Å². The molecule has 0 unspecified atom stereocenters. The van der Waals surface area contributed by atoms with Crippen LogP contribution in [-0.4, -0.2) is 24.2 Å². The number of ether oxygens (including phenoxy) is 2. The summed E-state index contributed by atoms with van der Waals surface area (Å²) in [5.41, 5.74) is 2.91. The summed E-state index contributed by atoms with van der Waals surface area (Å²) < 4.78 is 10.8. The summed E-state index contributed by atoms with van der Waals surface area (Å²) in [5.74, 6) is 3.03. The third-order valence-electron chi connectivity index (χ3n) is 4.58. The van der Waals surface area contributed by atoms with Crippen molar-refractivity contribution in [2.75, 3.05) is 19.5 Å². The molecule has 0 amide bonds. The Bertz CT molecular complexity index is 1100. The third kappa shape index (κ3) is 3.60. The molecule has 3 aromatic carbocycles. The van der Waals surface area contributed by atoms with E-state index >= 15 is 0 Å². The molecular formula is C23H21N3O2. The summed E-state index contributed by atoms with van der Waals surface area (Å²) in [4.78, 5) is 9.51. The molecule has 0 saturated carbocycles. The van der Waals surface area contributed by atoms with Crippen LogP contribution in [0.4, 0.5) is 5.82 Å². The van der Waals surface area contributed by atoms with Gasteiger partial charge in [-0.05, 0) is 24.3 Å². The van der Waals surface area contributed by atoms with E-state index in [1.807, 2.05) is 72.8 Å². The van der Waals surface area contributed by atoms with Crippen LogP contribution in [0.2, 0.25) is 0 Å². The van der Waals surface area contributed by atoms with E-state index in [0.717, 1.165) is 39.3 Å². The molecule has 28 heavy (non-hydrogen) atoms. The summed E-state index contributed by atoms with van der Waals surface area (Å²) in [5, 5.41) is 4.44. The van der Waals surface area contributed by atoms with Crippen molar-refractivity contribution in [2.24, 2.45) is 0 Å². The number of para-hydroxylation sites is 1. The fourth-order valence-electron chi connectivity index (χ4n) is 3.10. The Balaban J connectivity index is 1.70. The zero-order chi connectivity index (χ0) is 19.3. The number of hydrogen-bond acceptors (Lipinski definition) is 5. The lowest BCUT2D eigenvalue weighted by Gasteiger charge is -2.14. The van der Waals surface area contributed by atoms with Gasteiger partial charge >= 0.3 is 0 Å². The molecule has 1 heterocycles. The van der Waals surface area contributed by atoms with Crippen LogP contribution < -0.4 is 14.8 Å². The molecule has 1 N–H and O–H groups in total. The third-order valence-corrected chi connectivity index (χ3v) is 4.58. The van der Waals surface area contributed by atoms with Crippen LogP contribution in [-0.2, 0) is 6.54 Å². The predicted molar refractivity (Wildman–Crippen MR) is 112 cm³/mol. The monoisotopic (exact) mass is 371 g/mol. The highest BCUT2D eigenvalue weighted by molar-refractivity contribution is 5.90. The van der Waals surface area contributed by atoms with Crippen molar-refractivity contribution >= 4 is 16.7 Å². The topological polar surface area (TPSA) is 56.3 Å². The maximum atomic E-state index is 5.50. The predicted octanol–water partition coefficient (Wildman–Crippen LogP) is 4.93. The SMILES string of the molecule is COc1ccc(CNc2nc(-c3ccccc3)nc3ccccc23)c(OC)c1. The van der Waals surface area contributed by atoms with E-state index in [2.05, 4.69) is 5.32 Å². The highest BCUT2D eigenvalue weighted by atomic mass is 16.5. The largest absolute Gasteiger partial charge is 0.497 e. The molecule has 0 saturated heterocycles. The van der Waals surface area contributed by atoms with E-state index in [9.17, 15) is 0 Å². The molecule has 5 heteroatoms. The lowest BCUT2D eigenvalue weighted by molar-refractivity contribution is 0.391. The van der Waals surface area contributed by atoms with Gasteiger partial charge in [0.2, 0.25) is 0 Å². The normalized spacial score (nSPS) is 10.6. The molecule has 0 aliphatic heterocycles. The molecule has 4 aromatic rings. The van der Waals surface area contributed by atoms with Crippen molar-refractivity contribution in [2.45, 2.75) is 6.54 Å². The molecular weight excluding hydrogens is 350 g/mol. The van der Waals surface area contributed by atoms with Crippen LogP contribution in [0.25, 0.3) is 22.3 Å². The highest BCUT2D eigenvalue weighted by Crippen LogP contribution is 2.28. The number of methoxy groups -OCH3 is 2. The smallest absolute Gasteiger partial charge is 0.162 e. The number of anilines is 1. The van der Waals surface area contributed by atoms with Gasteiger partial charge in [-0.2, -0.15) is 0 Å². The van der Waals surface area contributed by atoms with Gasteiger partial charge in [-0.1, -0.05) is 42.5 Å². The number of hydrogen-bond donors (Lipinski definition) is 1. The van der Waals surface area contributed by atoms with Crippen LogP contribution in [0.5, 0.6) is 11.5 Å². The quantitative estimate of drug-likeness (QED) is 0.521. The van der Waals surface area contributed by atoms with E-state index < -0.39 is 0 Å². The maximum absolute atomic E-state index is 5.50. The maximum Gasteiger partial charge on any atom is 0.162 e. The summed E-state index contributed by atoms with van der Waals surface area (Å²) >= 11 is 0. The van der Waals surface area contributed by atoms with Gasteiger partial charge in [0.05, 0.1) is 19.7 Å². The second kappa shape index (κ2) is 7.96. The van der Waals surface area contributed by atoms with E-state index in [0.29, 0.717) is 12.4 Å². The van der Waals surface area contributed by atoms with Gasteiger partial charge in [-0.3, -0.25) is 0 Å². The number of rotatable bonds is 6. The van der Waals surface area contributed by atoms with E-state index in [1.165, 1.54) is 0 Å². The average molecular weight is 371 g/mol. The molecule has 0 radical (unpaired) electrons. The second-order valence-corrected chi connectivity index (χ2v) is 6.31. The molecule has 0 atom stereocenters. The van der Waals surface area contributed by atoms with Gasteiger partial charge in [0.15, 0.2) is 5.82 Å². The standard InChI is InChI=1S/C23H21N3O2/c1-27-18-13-12-17(21(14-18)28-2)15-24-23-19-10-6-7-11-20(19)25-22(26-23)16-8-4-3-5-9-16/h3-14H,15H2,1-2H3,(H,24,25,26). The molecule has 0 aliphatic rings. The first-order valence-corrected chi connectivity index (χ1v) is 9.05. The first-order valence-electron chi connectivity index (χ1n) is 9.05. The van der Waals surface area contributed by atoms with Crippen molar-refractivity contribution in [3.05, 3.63) is 78.4 Å². The number of fused-ring (bicyclic) bond motifs is 1. The Labute approximate surface area is 164 Å². The summed E-state index contributed by atoms with van der Waals surface area (Å²) in [6.45, 7) is 0.572. The van der Waals surface area contributed by atoms with Crippen molar-refractivity contribution in [1.82, 2.24) is 9.97 Å². The molecule has 0 fully saturated rings. The van der Waals surface area contributed by atoms with Gasteiger partial charge in [-0.25, -0.2) is 9.97 Å². The number of nitrogens with one attached hydrogen (secondary N) is 1. The van der Waals surface area contributed by atoms with Crippen molar-refractivity contribution in [3.8, 4) is 22.9 Å². The molecule has 140 valence electrons.